The molecule has 134 valence electrons. The van der Waals surface area contributed by atoms with Crippen LogP contribution in [0.2, 0.25) is 0 Å². The fraction of sp³-hybridized carbons (Fsp3) is 0.316. The molecular weight excluding hydrogens is 386 g/mol. The van der Waals surface area contributed by atoms with Crippen LogP contribution in [-0.2, 0) is 4.79 Å². The molecule has 0 aliphatic rings. The fourth-order valence-electron chi connectivity index (χ4n) is 2.34. The molecule has 1 atom stereocenters. The Labute approximate surface area is 156 Å². The smallest absolute Gasteiger partial charge is 0.258 e. The third-order valence-electron chi connectivity index (χ3n) is 3.78. The van der Waals surface area contributed by atoms with Crippen LogP contribution in [0.25, 0.3) is 0 Å². The second kappa shape index (κ2) is 8.76. The van der Waals surface area contributed by atoms with E-state index in [1.165, 1.54) is 0 Å². The van der Waals surface area contributed by atoms with Gasteiger partial charge in [0.1, 0.15) is 5.75 Å². The minimum absolute atomic E-state index is 0.0430. The summed E-state index contributed by atoms with van der Waals surface area (Å²) in [5.74, 6) is 1.75. The SMILES string of the molecule is COc1ccc([C@H](C)NC(=O)COc2ccc(Br)c(C)c2)cc1OC. The second-order valence-electron chi connectivity index (χ2n) is 5.60. The van der Waals surface area contributed by atoms with E-state index >= 15 is 0 Å². The Balaban J connectivity index is 1.94. The molecule has 0 aliphatic carbocycles. The van der Waals surface area contributed by atoms with Crippen LogP contribution in [-0.4, -0.2) is 26.7 Å². The number of benzene rings is 2. The Morgan fingerprint density at radius 3 is 2.48 bits per heavy atom. The van der Waals surface area contributed by atoms with E-state index < -0.39 is 0 Å². The molecule has 2 aromatic rings. The van der Waals surface area contributed by atoms with E-state index in [-0.39, 0.29) is 18.6 Å². The van der Waals surface area contributed by atoms with Crippen LogP contribution in [0.4, 0.5) is 0 Å². The molecule has 0 saturated heterocycles. The minimum atomic E-state index is -0.192. The quantitative estimate of drug-likeness (QED) is 0.752. The number of aryl methyl sites for hydroxylation is 1. The summed E-state index contributed by atoms with van der Waals surface area (Å²) >= 11 is 3.44. The molecule has 0 radical (unpaired) electrons. The number of methoxy groups -OCH3 is 2. The van der Waals surface area contributed by atoms with Gasteiger partial charge in [-0.15, -0.1) is 0 Å². The highest BCUT2D eigenvalue weighted by molar-refractivity contribution is 9.10. The summed E-state index contributed by atoms with van der Waals surface area (Å²) in [5.41, 5.74) is 1.97. The Morgan fingerprint density at radius 2 is 1.84 bits per heavy atom. The summed E-state index contributed by atoms with van der Waals surface area (Å²) in [6, 6.07) is 11.0. The normalized spacial score (nSPS) is 11.6. The van der Waals surface area contributed by atoms with E-state index in [9.17, 15) is 4.79 Å². The van der Waals surface area contributed by atoms with E-state index in [1.54, 1.807) is 14.2 Å². The van der Waals surface area contributed by atoms with Crippen LogP contribution < -0.4 is 19.5 Å². The van der Waals surface area contributed by atoms with Crippen LogP contribution in [0.15, 0.2) is 40.9 Å². The van der Waals surface area contributed by atoms with Crippen LogP contribution in [0.1, 0.15) is 24.1 Å². The lowest BCUT2D eigenvalue weighted by atomic mass is 10.1. The standard InChI is InChI=1S/C19H22BrNO4/c1-12-9-15(6-7-16(12)20)25-11-19(22)21-13(2)14-5-8-17(23-3)18(10-14)24-4/h5-10,13H,11H2,1-4H3,(H,21,22)/t13-/m0/s1. The van der Waals surface area contributed by atoms with E-state index in [2.05, 4.69) is 21.2 Å². The zero-order chi connectivity index (χ0) is 18.4. The molecular formula is C19H22BrNO4. The van der Waals surface area contributed by atoms with Crippen molar-refractivity contribution in [3.8, 4) is 17.2 Å². The molecule has 5 nitrogen and oxygen atoms in total. The molecule has 0 saturated carbocycles. The molecule has 1 N–H and O–H groups in total. The maximum absolute atomic E-state index is 12.1. The Hall–Kier alpha value is -2.21. The molecule has 2 aromatic carbocycles. The molecule has 2 rings (SSSR count). The number of halogens is 1. The largest absolute Gasteiger partial charge is 0.493 e. The Morgan fingerprint density at radius 1 is 1.12 bits per heavy atom. The highest BCUT2D eigenvalue weighted by Gasteiger charge is 2.13. The van der Waals surface area contributed by atoms with Crippen molar-refractivity contribution in [3.63, 3.8) is 0 Å². The predicted molar refractivity (Wildman–Crippen MR) is 100 cm³/mol. The summed E-state index contributed by atoms with van der Waals surface area (Å²) in [6.07, 6.45) is 0. The molecule has 0 aromatic heterocycles. The third-order valence-corrected chi connectivity index (χ3v) is 4.67. The Kier molecular flexibility index (Phi) is 6.70. The summed E-state index contributed by atoms with van der Waals surface area (Å²) in [5, 5.41) is 2.91. The van der Waals surface area contributed by atoms with Gasteiger partial charge in [0.2, 0.25) is 0 Å². The summed E-state index contributed by atoms with van der Waals surface area (Å²) in [7, 11) is 3.17. The third kappa shape index (κ3) is 5.13. The van der Waals surface area contributed by atoms with Gasteiger partial charge in [-0.05, 0) is 55.3 Å². The lowest BCUT2D eigenvalue weighted by molar-refractivity contribution is -0.123. The Bertz CT molecular complexity index is 748. The average Bonchev–Trinajstić information content (AvgIpc) is 2.62. The van der Waals surface area contributed by atoms with E-state index in [0.717, 1.165) is 15.6 Å². The predicted octanol–water partition coefficient (Wildman–Crippen LogP) is 4.03. The van der Waals surface area contributed by atoms with E-state index in [4.69, 9.17) is 14.2 Å². The van der Waals surface area contributed by atoms with Gasteiger partial charge < -0.3 is 19.5 Å². The maximum atomic E-state index is 12.1. The first-order valence-electron chi connectivity index (χ1n) is 7.84. The van der Waals surface area contributed by atoms with Crippen molar-refractivity contribution in [2.45, 2.75) is 19.9 Å². The molecule has 6 heteroatoms. The van der Waals surface area contributed by atoms with Crippen molar-refractivity contribution in [2.75, 3.05) is 20.8 Å². The van der Waals surface area contributed by atoms with Crippen LogP contribution in [0.5, 0.6) is 17.2 Å². The molecule has 0 fully saturated rings. The van der Waals surface area contributed by atoms with E-state index in [0.29, 0.717) is 17.2 Å². The van der Waals surface area contributed by atoms with Crippen molar-refractivity contribution in [2.24, 2.45) is 0 Å². The highest BCUT2D eigenvalue weighted by atomic mass is 79.9. The molecule has 0 aliphatic heterocycles. The lowest BCUT2D eigenvalue weighted by Crippen LogP contribution is -2.31. The van der Waals surface area contributed by atoms with Gasteiger partial charge >= 0.3 is 0 Å². The first-order chi connectivity index (χ1) is 11.9. The summed E-state index contributed by atoms with van der Waals surface area (Å²) in [4.78, 5) is 12.1. The molecule has 25 heavy (non-hydrogen) atoms. The zero-order valence-corrected chi connectivity index (χ0v) is 16.3. The molecule has 0 spiro atoms. The van der Waals surface area contributed by atoms with Gasteiger partial charge in [-0.2, -0.15) is 0 Å². The van der Waals surface area contributed by atoms with Gasteiger partial charge in [-0.1, -0.05) is 22.0 Å². The number of hydrogen-bond acceptors (Lipinski definition) is 4. The monoisotopic (exact) mass is 407 g/mol. The van der Waals surface area contributed by atoms with Crippen molar-refractivity contribution in [1.29, 1.82) is 0 Å². The maximum Gasteiger partial charge on any atom is 0.258 e. The number of amides is 1. The molecule has 0 unspecified atom stereocenters. The zero-order valence-electron chi connectivity index (χ0n) is 14.8. The van der Waals surface area contributed by atoms with Gasteiger partial charge in [0.15, 0.2) is 18.1 Å². The second-order valence-corrected chi connectivity index (χ2v) is 6.46. The van der Waals surface area contributed by atoms with Crippen molar-refractivity contribution >= 4 is 21.8 Å². The fourth-order valence-corrected chi connectivity index (χ4v) is 2.59. The number of carbonyl (C=O) groups excluding carboxylic acids is 1. The first-order valence-corrected chi connectivity index (χ1v) is 8.64. The number of nitrogens with one attached hydrogen (secondary N) is 1. The van der Waals surface area contributed by atoms with Crippen molar-refractivity contribution in [1.82, 2.24) is 5.32 Å². The van der Waals surface area contributed by atoms with Crippen molar-refractivity contribution < 1.29 is 19.0 Å². The lowest BCUT2D eigenvalue weighted by Gasteiger charge is -2.17. The van der Waals surface area contributed by atoms with E-state index in [1.807, 2.05) is 50.2 Å². The van der Waals surface area contributed by atoms with Gasteiger partial charge in [0.05, 0.1) is 20.3 Å². The topological polar surface area (TPSA) is 56.8 Å². The average molecular weight is 408 g/mol. The van der Waals surface area contributed by atoms with Crippen LogP contribution in [0.3, 0.4) is 0 Å². The molecule has 0 bridgehead atoms. The van der Waals surface area contributed by atoms with Crippen LogP contribution in [0, 0.1) is 6.92 Å². The van der Waals surface area contributed by atoms with Crippen molar-refractivity contribution in [3.05, 3.63) is 52.0 Å². The van der Waals surface area contributed by atoms with Crippen LogP contribution >= 0.6 is 15.9 Å². The number of hydrogen-bond donors (Lipinski definition) is 1. The first kappa shape index (κ1) is 19.1. The number of rotatable bonds is 7. The minimum Gasteiger partial charge on any atom is -0.493 e. The molecule has 0 heterocycles. The van der Waals surface area contributed by atoms with Gasteiger partial charge in [0.25, 0.3) is 5.91 Å². The summed E-state index contributed by atoms with van der Waals surface area (Å²) in [6.45, 7) is 3.83. The summed E-state index contributed by atoms with van der Waals surface area (Å²) < 4.78 is 17.1. The number of carbonyl (C=O) groups is 1. The van der Waals surface area contributed by atoms with Gasteiger partial charge in [-0.3, -0.25) is 4.79 Å². The molecule has 1 amide bonds. The van der Waals surface area contributed by atoms with Gasteiger partial charge in [-0.25, -0.2) is 0 Å². The highest BCUT2D eigenvalue weighted by Crippen LogP contribution is 2.29. The van der Waals surface area contributed by atoms with Gasteiger partial charge in [0, 0.05) is 4.47 Å². The number of ether oxygens (including phenoxy) is 3.